The van der Waals surface area contributed by atoms with Crippen LogP contribution in [0.4, 0.5) is 0 Å². The van der Waals surface area contributed by atoms with Crippen LogP contribution in [0.3, 0.4) is 0 Å². The van der Waals surface area contributed by atoms with Gasteiger partial charge < -0.3 is 6.15 Å². The number of nitrogens with zero attached hydrogens (tertiary/aromatic N) is 2. The van der Waals surface area contributed by atoms with Crippen molar-refractivity contribution in [2.75, 3.05) is 39.3 Å². The van der Waals surface area contributed by atoms with Gasteiger partial charge in [-0.05, 0) is 0 Å². The molecule has 0 aliphatic carbocycles. The van der Waals surface area contributed by atoms with Gasteiger partial charge in [0.1, 0.15) is 0 Å². The van der Waals surface area contributed by atoms with Crippen LogP contribution in [0.1, 0.15) is 0 Å². The Labute approximate surface area is 56.2 Å². The van der Waals surface area contributed by atoms with Gasteiger partial charge in [0.2, 0.25) is 0 Å². The first kappa shape index (κ1) is 6.99. The Morgan fingerprint density at radius 3 is 0.889 bits per heavy atom. The molecule has 0 atom stereocenters. The summed E-state index contributed by atoms with van der Waals surface area (Å²) in [6, 6.07) is 0. The maximum absolute atomic E-state index is 2.54. The second kappa shape index (κ2) is 2.64. The molecule has 3 aliphatic rings. The minimum Gasteiger partial charge on any atom is -0.344 e. The Bertz CT molecular complexity index is 63.3. The van der Waals surface area contributed by atoms with Gasteiger partial charge in [0.15, 0.2) is 0 Å². The van der Waals surface area contributed by atoms with Crippen LogP contribution >= 0.6 is 0 Å². The average molecular weight is 129 g/mol. The van der Waals surface area contributed by atoms with Gasteiger partial charge in [-0.1, -0.05) is 0 Å². The lowest BCUT2D eigenvalue weighted by Crippen LogP contribution is -2.55. The number of hydrogen-bond acceptors (Lipinski definition) is 3. The molecule has 9 heavy (non-hydrogen) atoms. The molecule has 3 heteroatoms. The van der Waals surface area contributed by atoms with Crippen LogP contribution in [0.5, 0.6) is 0 Å². The van der Waals surface area contributed by atoms with Crippen LogP contribution in [0.2, 0.25) is 0 Å². The van der Waals surface area contributed by atoms with Crippen LogP contribution in [-0.4, -0.2) is 49.1 Å². The molecule has 3 rings (SSSR count). The minimum absolute atomic E-state index is 0. The lowest BCUT2D eigenvalue weighted by Gasteiger charge is -2.41. The molecule has 0 spiro atoms. The van der Waals surface area contributed by atoms with Crippen molar-refractivity contribution in [3.8, 4) is 0 Å². The molecule has 3 N–H and O–H groups in total. The first-order chi connectivity index (χ1) is 3.95. The Balaban J connectivity index is 0.000000405. The zero-order chi connectivity index (χ0) is 5.40. The summed E-state index contributed by atoms with van der Waals surface area (Å²) in [5.74, 6) is 0. The van der Waals surface area contributed by atoms with E-state index in [0.717, 1.165) is 0 Å². The van der Waals surface area contributed by atoms with Gasteiger partial charge in [-0.2, -0.15) is 0 Å². The van der Waals surface area contributed by atoms with E-state index in [4.69, 9.17) is 0 Å². The molecule has 3 aliphatic heterocycles. The Morgan fingerprint density at radius 2 is 0.778 bits per heavy atom. The van der Waals surface area contributed by atoms with E-state index in [1.54, 1.807) is 0 Å². The summed E-state index contributed by atoms with van der Waals surface area (Å²) in [7, 11) is 0. The molecule has 0 unspecified atom stereocenters. The minimum atomic E-state index is 0. The molecule has 54 valence electrons. The Hall–Kier alpha value is -0.120. The van der Waals surface area contributed by atoms with Crippen molar-refractivity contribution in [3.63, 3.8) is 0 Å². The van der Waals surface area contributed by atoms with Crippen molar-refractivity contribution >= 4 is 0 Å². The number of rotatable bonds is 0. The Morgan fingerprint density at radius 1 is 0.556 bits per heavy atom. The molecule has 3 saturated heterocycles. The predicted octanol–water partition coefficient (Wildman–Crippen LogP) is -0.220. The van der Waals surface area contributed by atoms with E-state index in [2.05, 4.69) is 9.80 Å². The number of piperazine rings is 3. The summed E-state index contributed by atoms with van der Waals surface area (Å²) in [5.41, 5.74) is 0. The number of hydrogen-bond donors (Lipinski definition) is 1. The first-order valence-corrected chi connectivity index (χ1v) is 3.40. The summed E-state index contributed by atoms with van der Waals surface area (Å²) >= 11 is 0. The summed E-state index contributed by atoms with van der Waals surface area (Å²) in [6.07, 6.45) is 0. The van der Waals surface area contributed by atoms with Gasteiger partial charge in [0.25, 0.3) is 0 Å². The fraction of sp³-hybridized carbons (Fsp3) is 1.00. The van der Waals surface area contributed by atoms with Gasteiger partial charge in [-0.3, -0.25) is 9.80 Å². The first-order valence-electron chi connectivity index (χ1n) is 3.40. The standard InChI is InChI=1S/C6H12N2.H3N/c1-2-8-5-3-7(1)4-6-8;/h1-6H2;1H3. The van der Waals surface area contributed by atoms with Gasteiger partial charge in [-0.15, -0.1) is 0 Å². The normalized spacial score (nSPS) is 40.0. The third-order valence-corrected chi connectivity index (χ3v) is 2.20. The van der Waals surface area contributed by atoms with Gasteiger partial charge in [0.05, 0.1) is 0 Å². The van der Waals surface area contributed by atoms with E-state index in [9.17, 15) is 0 Å². The molecular formula is C6H15N3. The van der Waals surface area contributed by atoms with E-state index in [1.165, 1.54) is 39.3 Å². The quantitative estimate of drug-likeness (QED) is 0.491. The highest BCUT2D eigenvalue weighted by atomic mass is 15.3. The van der Waals surface area contributed by atoms with Gasteiger partial charge in [-0.25, -0.2) is 0 Å². The molecule has 0 aromatic carbocycles. The maximum atomic E-state index is 2.54. The highest BCUT2D eigenvalue weighted by Crippen LogP contribution is 2.06. The molecule has 0 aromatic heterocycles. The third kappa shape index (κ3) is 1.23. The molecule has 0 amide bonds. The van der Waals surface area contributed by atoms with Gasteiger partial charge in [0, 0.05) is 39.3 Å². The molecule has 0 aromatic rings. The van der Waals surface area contributed by atoms with Crippen LogP contribution in [-0.2, 0) is 0 Å². The molecule has 3 nitrogen and oxygen atoms in total. The Kier molecular flexibility index (Phi) is 2.05. The van der Waals surface area contributed by atoms with Crippen LogP contribution in [0.15, 0.2) is 0 Å². The van der Waals surface area contributed by atoms with Crippen molar-refractivity contribution in [1.29, 1.82) is 0 Å². The van der Waals surface area contributed by atoms with Gasteiger partial charge >= 0.3 is 0 Å². The molecular weight excluding hydrogens is 114 g/mol. The average Bonchev–Trinajstić information content (AvgIpc) is 1.92. The highest BCUT2D eigenvalue weighted by molar-refractivity contribution is 4.78. The van der Waals surface area contributed by atoms with Crippen molar-refractivity contribution in [1.82, 2.24) is 16.0 Å². The third-order valence-electron chi connectivity index (χ3n) is 2.20. The summed E-state index contributed by atoms with van der Waals surface area (Å²) in [4.78, 5) is 5.08. The largest absolute Gasteiger partial charge is 0.344 e. The van der Waals surface area contributed by atoms with Crippen LogP contribution < -0.4 is 6.15 Å². The predicted molar refractivity (Wildman–Crippen MR) is 37.9 cm³/mol. The van der Waals surface area contributed by atoms with Crippen LogP contribution in [0, 0.1) is 0 Å². The molecule has 0 saturated carbocycles. The van der Waals surface area contributed by atoms with E-state index >= 15 is 0 Å². The van der Waals surface area contributed by atoms with E-state index in [-0.39, 0.29) is 6.15 Å². The summed E-state index contributed by atoms with van der Waals surface area (Å²) in [6.45, 7) is 7.92. The summed E-state index contributed by atoms with van der Waals surface area (Å²) < 4.78 is 0. The molecule has 3 heterocycles. The lowest BCUT2D eigenvalue weighted by atomic mass is 10.2. The van der Waals surface area contributed by atoms with Crippen LogP contribution in [0.25, 0.3) is 0 Å². The fourth-order valence-corrected chi connectivity index (χ4v) is 1.52. The zero-order valence-corrected chi connectivity index (χ0v) is 5.84. The second-order valence-electron chi connectivity index (χ2n) is 2.68. The van der Waals surface area contributed by atoms with Crippen molar-refractivity contribution in [2.45, 2.75) is 0 Å². The van der Waals surface area contributed by atoms with Crippen molar-refractivity contribution in [3.05, 3.63) is 0 Å². The monoisotopic (exact) mass is 129 g/mol. The zero-order valence-electron chi connectivity index (χ0n) is 5.84. The van der Waals surface area contributed by atoms with E-state index < -0.39 is 0 Å². The molecule has 2 bridgehead atoms. The lowest BCUT2D eigenvalue weighted by molar-refractivity contribution is 0.0647. The van der Waals surface area contributed by atoms with Crippen molar-refractivity contribution in [2.24, 2.45) is 0 Å². The molecule has 3 fully saturated rings. The molecule has 0 radical (unpaired) electrons. The van der Waals surface area contributed by atoms with E-state index in [1.807, 2.05) is 0 Å². The second-order valence-corrected chi connectivity index (χ2v) is 2.68. The fourth-order valence-electron chi connectivity index (χ4n) is 1.52. The van der Waals surface area contributed by atoms with E-state index in [0.29, 0.717) is 0 Å². The highest BCUT2D eigenvalue weighted by Gasteiger charge is 2.21. The number of fused-ring (bicyclic) bond motifs is 3. The summed E-state index contributed by atoms with van der Waals surface area (Å²) in [5, 5.41) is 0. The van der Waals surface area contributed by atoms with Crippen molar-refractivity contribution < 1.29 is 0 Å². The topological polar surface area (TPSA) is 41.5 Å². The smallest absolute Gasteiger partial charge is 0.0110 e. The maximum Gasteiger partial charge on any atom is 0.0110 e. The SMILES string of the molecule is C1CN2CCN1CC2.N.